The van der Waals surface area contributed by atoms with Gasteiger partial charge in [-0.1, -0.05) is 0 Å². The number of carbonyl (C=O) groups excluding carboxylic acids is 1. The molecule has 0 bridgehead atoms. The highest BCUT2D eigenvalue weighted by molar-refractivity contribution is 5.77. The molecule has 0 aromatic carbocycles. The lowest BCUT2D eigenvalue weighted by molar-refractivity contribution is -0.138. The van der Waals surface area contributed by atoms with Crippen LogP contribution in [0.5, 0.6) is 0 Å². The predicted octanol–water partition coefficient (Wildman–Crippen LogP) is -0.702. The monoisotopic (exact) mass is 230 g/mol. The van der Waals surface area contributed by atoms with Gasteiger partial charge in [0.25, 0.3) is 0 Å². The SMILES string of the molecule is CN(CCC(=O)O)C(=O)CC1CNCCO1. The third-order valence-corrected chi connectivity index (χ3v) is 2.49. The Labute approximate surface area is 94.6 Å². The first-order chi connectivity index (χ1) is 7.59. The van der Waals surface area contributed by atoms with Gasteiger partial charge in [0.1, 0.15) is 0 Å². The van der Waals surface area contributed by atoms with Crippen molar-refractivity contribution in [3.63, 3.8) is 0 Å². The molecule has 92 valence electrons. The van der Waals surface area contributed by atoms with Crippen LogP contribution in [0.4, 0.5) is 0 Å². The molecule has 0 aromatic heterocycles. The summed E-state index contributed by atoms with van der Waals surface area (Å²) in [4.78, 5) is 23.4. The minimum absolute atomic E-state index is 0.0218. The van der Waals surface area contributed by atoms with Crippen LogP contribution in [0.3, 0.4) is 0 Å². The lowest BCUT2D eigenvalue weighted by Crippen LogP contribution is -2.42. The molecular formula is C10H18N2O4. The lowest BCUT2D eigenvalue weighted by Gasteiger charge is -2.25. The second-order valence-corrected chi connectivity index (χ2v) is 3.86. The average Bonchev–Trinajstić information content (AvgIpc) is 2.27. The van der Waals surface area contributed by atoms with E-state index in [1.165, 1.54) is 4.90 Å². The zero-order chi connectivity index (χ0) is 12.0. The Balaban J connectivity index is 2.24. The van der Waals surface area contributed by atoms with Crippen LogP contribution in [-0.2, 0) is 14.3 Å². The number of morpholine rings is 1. The van der Waals surface area contributed by atoms with E-state index in [9.17, 15) is 9.59 Å². The van der Waals surface area contributed by atoms with E-state index in [0.29, 0.717) is 19.6 Å². The van der Waals surface area contributed by atoms with Gasteiger partial charge in [-0.2, -0.15) is 0 Å². The Kier molecular flexibility index (Phi) is 5.21. The van der Waals surface area contributed by atoms with Crippen LogP contribution in [0, 0.1) is 0 Å². The van der Waals surface area contributed by atoms with Crippen molar-refractivity contribution in [2.45, 2.75) is 18.9 Å². The third-order valence-electron chi connectivity index (χ3n) is 2.49. The maximum atomic E-state index is 11.6. The zero-order valence-electron chi connectivity index (χ0n) is 9.44. The molecule has 1 atom stereocenters. The number of carboxylic acid groups (broad SMARTS) is 1. The fourth-order valence-corrected chi connectivity index (χ4v) is 1.49. The summed E-state index contributed by atoms with van der Waals surface area (Å²) in [7, 11) is 1.61. The van der Waals surface area contributed by atoms with E-state index < -0.39 is 5.97 Å². The van der Waals surface area contributed by atoms with Gasteiger partial charge in [-0.15, -0.1) is 0 Å². The van der Waals surface area contributed by atoms with E-state index in [-0.39, 0.29) is 25.0 Å². The van der Waals surface area contributed by atoms with Crippen LogP contribution in [0.15, 0.2) is 0 Å². The molecule has 0 aromatic rings. The van der Waals surface area contributed by atoms with Crippen molar-refractivity contribution < 1.29 is 19.4 Å². The second kappa shape index (κ2) is 6.44. The molecule has 1 fully saturated rings. The molecule has 1 amide bonds. The molecule has 0 radical (unpaired) electrons. The minimum atomic E-state index is -0.893. The summed E-state index contributed by atoms with van der Waals surface area (Å²) in [6, 6.07) is 0. The molecule has 0 saturated carbocycles. The fraction of sp³-hybridized carbons (Fsp3) is 0.800. The van der Waals surface area contributed by atoms with Gasteiger partial charge in [-0.3, -0.25) is 9.59 Å². The van der Waals surface area contributed by atoms with Gasteiger partial charge in [0.05, 0.1) is 25.6 Å². The van der Waals surface area contributed by atoms with Crippen molar-refractivity contribution in [3.8, 4) is 0 Å². The van der Waals surface area contributed by atoms with Crippen LogP contribution in [0.2, 0.25) is 0 Å². The highest BCUT2D eigenvalue weighted by Crippen LogP contribution is 2.04. The van der Waals surface area contributed by atoms with Gasteiger partial charge < -0.3 is 20.1 Å². The Bertz CT molecular complexity index is 251. The summed E-state index contributed by atoms with van der Waals surface area (Å²) in [5, 5.41) is 11.6. The van der Waals surface area contributed by atoms with Crippen molar-refractivity contribution in [1.29, 1.82) is 0 Å². The number of rotatable bonds is 5. The quantitative estimate of drug-likeness (QED) is 0.653. The number of ether oxygens (including phenoxy) is 1. The molecule has 1 heterocycles. The number of amides is 1. The van der Waals surface area contributed by atoms with E-state index in [4.69, 9.17) is 9.84 Å². The van der Waals surface area contributed by atoms with Crippen LogP contribution in [0.1, 0.15) is 12.8 Å². The molecule has 1 rings (SSSR count). The Hall–Kier alpha value is -1.14. The molecule has 16 heavy (non-hydrogen) atoms. The average molecular weight is 230 g/mol. The first kappa shape index (κ1) is 12.9. The van der Waals surface area contributed by atoms with Crippen molar-refractivity contribution >= 4 is 11.9 Å². The van der Waals surface area contributed by atoms with Gasteiger partial charge in [-0.05, 0) is 0 Å². The first-order valence-corrected chi connectivity index (χ1v) is 5.37. The number of hydrogen-bond donors (Lipinski definition) is 2. The summed E-state index contributed by atoms with van der Waals surface area (Å²) in [6.07, 6.45) is 0.198. The topological polar surface area (TPSA) is 78.9 Å². The van der Waals surface area contributed by atoms with Crippen molar-refractivity contribution in [3.05, 3.63) is 0 Å². The maximum Gasteiger partial charge on any atom is 0.305 e. The van der Waals surface area contributed by atoms with E-state index in [0.717, 1.165) is 6.54 Å². The molecule has 1 saturated heterocycles. The van der Waals surface area contributed by atoms with Crippen LogP contribution >= 0.6 is 0 Å². The van der Waals surface area contributed by atoms with Crippen LogP contribution in [-0.4, -0.2) is 61.3 Å². The van der Waals surface area contributed by atoms with Crippen LogP contribution in [0.25, 0.3) is 0 Å². The van der Waals surface area contributed by atoms with Crippen LogP contribution < -0.4 is 5.32 Å². The summed E-state index contributed by atoms with van der Waals surface area (Å²) >= 11 is 0. The lowest BCUT2D eigenvalue weighted by atomic mass is 10.2. The summed E-state index contributed by atoms with van der Waals surface area (Å²) < 4.78 is 5.40. The smallest absolute Gasteiger partial charge is 0.305 e. The number of aliphatic carboxylic acids is 1. The highest BCUT2D eigenvalue weighted by atomic mass is 16.5. The van der Waals surface area contributed by atoms with E-state index >= 15 is 0 Å². The highest BCUT2D eigenvalue weighted by Gasteiger charge is 2.19. The Morgan fingerprint density at radius 2 is 2.31 bits per heavy atom. The summed E-state index contributed by atoms with van der Waals surface area (Å²) in [6.45, 7) is 2.36. The molecule has 1 aliphatic heterocycles. The minimum Gasteiger partial charge on any atom is -0.481 e. The normalized spacial score (nSPS) is 20.4. The molecule has 1 aliphatic rings. The predicted molar refractivity (Wildman–Crippen MR) is 57.1 cm³/mol. The third kappa shape index (κ3) is 4.59. The Morgan fingerprint density at radius 3 is 2.88 bits per heavy atom. The van der Waals surface area contributed by atoms with E-state index in [2.05, 4.69) is 5.32 Å². The second-order valence-electron chi connectivity index (χ2n) is 3.86. The zero-order valence-corrected chi connectivity index (χ0v) is 9.44. The Morgan fingerprint density at radius 1 is 1.56 bits per heavy atom. The summed E-state index contributed by atoms with van der Waals surface area (Å²) in [5.74, 6) is -0.967. The molecule has 6 nitrogen and oxygen atoms in total. The molecule has 6 heteroatoms. The van der Waals surface area contributed by atoms with Gasteiger partial charge in [0.15, 0.2) is 0 Å². The number of nitrogens with zero attached hydrogens (tertiary/aromatic N) is 1. The number of carboxylic acids is 1. The van der Waals surface area contributed by atoms with Crippen molar-refractivity contribution in [2.75, 3.05) is 33.3 Å². The first-order valence-electron chi connectivity index (χ1n) is 5.37. The number of hydrogen-bond acceptors (Lipinski definition) is 4. The van der Waals surface area contributed by atoms with Crippen molar-refractivity contribution in [1.82, 2.24) is 10.2 Å². The maximum absolute atomic E-state index is 11.6. The molecule has 1 unspecified atom stereocenters. The molecular weight excluding hydrogens is 212 g/mol. The van der Waals surface area contributed by atoms with E-state index in [1.807, 2.05) is 0 Å². The van der Waals surface area contributed by atoms with E-state index in [1.54, 1.807) is 7.05 Å². The number of nitrogens with one attached hydrogen (secondary N) is 1. The van der Waals surface area contributed by atoms with Gasteiger partial charge >= 0.3 is 5.97 Å². The standard InChI is InChI=1S/C10H18N2O4/c1-12(4-2-10(14)15)9(13)6-8-7-11-3-5-16-8/h8,11H,2-7H2,1H3,(H,14,15). The van der Waals surface area contributed by atoms with Gasteiger partial charge in [0.2, 0.25) is 5.91 Å². The summed E-state index contributed by atoms with van der Waals surface area (Å²) in [5.41, 5.74) is 0. The largest absolute Gasteiger partial charge is 0.481 e. The molecule has 0 spiro atoms. The van der Waals surface area contributed by atoms with Gasteiger partial charge in [0, 0.05) is 26.7 Å². The number of carbonyl (C=O) groups is 2. The van der Waals surface area contributed by atoms with Crippen molar-refractivity contribution in [2.24, 2.45) is 0 Å². The molecule has 0 aliphatic carbocycles. The molecule has 2 N–H and O–H groups in total. The fourth-order valence-electron chi connectivity index (χ4n) is 1.49. The van der Waals surface area contributed by atoms with Gasteiger partial charge in [-0.25, -0.2) is 0 Å².